The Morgan fingerprint density at radius 1 is 0.800 bits per heavy atom. The van der Waals surface area contributed by atoms with Gasteiger partial charge in [-0.3, -0.25) is 0 Å². The lowest BCUT2D eigenvalue weighted by Gasteiger charge is -2.42. The zero-order chi connectivity index (χ0) is 14.8. The highest BCUT2D eigenvalue weighted by molar-refractivity contribution is 6.65. The molecule has 2 N–H and O–H groups in total. The predicted molar refractivity (Wildman–Crippen MR) is 80.9 cm³/mol. The first-order chi connectivity index (χ1) is 9.11. The van der Waals surface area contributed by atoms with E-state index in [1.807, 2.05) is 0 Å². The van der Waals surface area contributed by atoms with Gasteiger partial charge in [-0.25, -0.2) is 0 Å². The molecule has 0 unspecified atom stereocenters. The van der Waals surface area contributed by atoms with E-state index < -0.39 is 26.3 Å². The second kappa shape index (κ2) is 3.89. The van der Waals surface area contributed by atoms with E-state index in [2.05, 4.69) is 0 Å². The Kier molecular flexibility index (Phi) is 2.91. The van der Waals surface area contributed by atoms with Gasteiger partial charge in [0.25, 0.3) is 0 Å². The number of alkyl halides is 4. The summed E-state index contributed by atoms with van der Waals surface area (Å²) in [5.74, 6) is -1.05. The van der Waals surface area contributed by atoms with Crippen LogP contribution in [0.3, 0.4) is 0 Å². The standard InChI is InChI=1S/C12H10Cl6O2/c13-8-9(14)11(16)5-3-1-2(6(19)7(3)20)4(5)10(8,15)12(11,17)18/h2-7,19-20H,1H2/t2-,3+,4-,5-,6+,7-,10+,11+/m1/s1. The fourth-order valence-corrected chi connectivity index (χ4v) is 8.14. The van der Waals surface area contributed by atoms with Crippen molar-refractivity contribution in [1.29, 1.82) is 0 Å². The third-order valence-electron chi connectivity index (χ3n) is 5.75. The normalized spacial score (nSPS) is 62.4. The second-order valence-corrected chi connectivity index (χ2v) is 9.50. The van der Waals surface area contributed by atoms with Crippen LogP contribution in [0.2, 0.25) is 0 Å². The van der Waals surface area contributed by atoms with E-state index in [9.17, 15) is 10.2 Å². The zero-order valence-electron chi connectivity index (χ0n) is 9.83. The molecular formula is C12H10Cl6O2. The van der Waals surface area contributed by atoms with Crippen molar-refractivity contribution in [2.24, 2.45) is 23.7 Å². The summed E-state index contributed by atoms with van der Waals surface area (Å²) in [6.07, 6.45) is -1.09. The van der Waals surface area contributed by atoms with Crippen LogP contribution in [0.25, 0.3) is 0 Å². The number of aliphatic hydroxyl groups is 2. The fraction of sp³-hybridized carbons (Fsp3) is 0.833. The number of rotatable bonds is 0. The van der Waals surface area contributed by atoms with E-state index in [1.165, 1.54) is 0 Å². The van der Waals surface area contributed by atoms with E-state index in [1.54, 1.807) is 0 Å². The van der Waals surface area contributed by atoms with E-state index in [0.717, 1.165) is 0 Å². The predicted octanol–water partition coefficient (Wildman–Crippen LogP) is 3.44. The Bertz CT molecular complexity index is 506. The molecule has 4 rings (SSSR count). The van der Waals surface area contributed by atoms with Gasteiger partial charge in [-0.05, 0) is 30.1 Å². The third-order valence-corrected chi connectivity index (χ3v) is 10.0. The molecule has 0 aromatic heterocycles. The summed E-state index contributed by atoms with van der Waals surface area (Å²) >= 11 is 39.0. The largest absolute Gasteiger partial charge is 0.390 e. The summed E-state index contributed by atoms with van der Waals surface area (Å²) in [5, 5.41) is 20.6. The first-order valence-corrected chi connectivity index (χ1v) is 8.56. The number of hydrogen-bond acceptors (Lipinski definition) is 2. The van der Waals surface area contributed by atoms with Gasteiger partial charge in [0.1, 0.15) is 9.75 Å². The van der Waals surface area contributed by atoms with Crippen LogP contribution in [0.5, 0.6) is 0 Å². The van der Waals surface area contributed by atoms with Gasteiger partial charge in [0.2, 0.25) is 0 Å². The molecule has 0 aromatic rings. The molecule has 2 nitrogen and oxygen atoms in total. The molecule has 0 aromatic carbocycles. The summed E-state index contributed by atoms with van der Waals surface area (Å²) in [7, 11) is 0. The molecule has 0 spiro atoms. The van der Waals surface area contributed by atoms with Crippen molar-refractivity contribution in [3.8, 4) is 0 Å². The van der Waals surface area contributed by atoms with Gasteiger partial charge < -0.3 is 10.2 Å². The Hall–Kier alpha value is 1.40. The maximum atomic E-state index is 10.2. The maximum Gasteiger partial charge on any atom is 0.166 e. The van der Waals surface area contributed by atoms with Crippen molar-refractivity contribution in [2.75, 3.05) is 0 Å². The first-order valence-electron chi connectivity index (χ1n) is 6.29. The molecule has 3 saturated carbocycles. The van der Waals surface area contributed by atoms with E-state index >= 15 is 0 Å². The van der Waals surface area contributed by atoms with E-state index in [-0.39, 0.29) is 33.7 Å². The minimum Gasteiger partial charge on any atom is -0.390 e. The molecule has 20 heavy (non-hydrogen) atoms. The molecular weight excluding hydrogens is 389 g/mol. The van der Waals surface area contributed by atoms with Gasteiger partial charge in [0.05, 0.1) is 22.3 Å². The summed E-state index contributed by atoms with van der Waals surface area (Å²) in [6, 6.07) is 0. The SMILES string of the molecule is O[C@@H]1[C@H](O)[C@H]2C[C@@H]1[C@@H]1[C@@H]2[C@]2(Cl)C(Cl)=C(Cl)[C@]1(Cl)C2(Cl)Cl. The second-order valence-electron chi connectivity index (χ2n) is 6.22. The summed E-state index contributed by atoms with van der Waals surface area (Å²) < 4.78 is -1.58. The molecule has 0 aliphatic heterocycles. The van der Waals surface area contributed by atoms with Crippen molar-refractivity contribution in [2.45, 2.75) is 32.7 Å². The van der Waals surface area contributed by atoms with Gasteiger partial charge in [-0.1, -0.05) is 46.4 Å². The zero-order valence-corrected chi connectivity index (χ0v) is 14.4. The number of hydrogen-bond donors (Lipinski definition) is 2. The Labute approximate surface area is 145 Å². The number of fused-ring (bicyclic) bond motifs is 9. The molecule has 0 heterocycles. The molecule has 8 heteroatoms. The van der Waals surface area contributed by atoms with Gasteiger partial charge in [-0.2, -0.15) is 0 Å². The number of halogens is 6. The molecule has 0 saturated heterocycles. The van der Waals surface area contributed by atoms with Crippen LogP contribution in [-0.4, -0.2) is 36.5 Å². The van der Waals surface area contributed by atoms with Crippen molar-refractivity contribution < 1.29 is 10.2 Å². The Morgan fingerprint density at radius 3 is 1.50 bits per heavy atom. The van der Waals surface area contributed by atoms with Gasteiger partial charge in [0.15, 0.2) is 4.33 Å². The van der Waals surface area contributed by atoms with Crippen LogP contribution in [0.15, 0.2) is 10.1 Å². The lowest BCUT2D eigenvalue weighted by molar-refractivity contribution is -0.0559. The van der Waals surface area contributed by atoms with Crippen LogP contribution in [0.4, 0.5) is 0 Å². The van der Waals surface area contributed by atoms with Crippen LogP contribution >= 0.6 is 69.6 Å². The molecule has 4 aliphatic carbocycles. The maximum absolute atomic E-state index is 10.2. The molecule has 8 atom stereocenters. The lowest BCUT2D eigenvalue weighted by atomic mass is 9.70. The molecule has 112 valence electrons. The summed E-state index contributed by atoms with van der Waals surface area (Å²) in [6.45, 7) is 0. The average molecular weight is 399 g/mol. The van der Waals surface area contributed by atoms with Gasteiger partial charge in [-0.15, -0.1) is 23.2 Å². The van der Waals surface area contributed by atoms with Crippen molar-refractivity contribution >= 4 is 69.6 Å². The summed E-state index contributed by atoms with van der Waals surface area (Å²) in [5.41, 5.74) is 0. The molecule has 0 amide bonds. The van der Waals surface area contributed by atoms with Crippen LogP contribution < -0.4 is 0 Å². The van der Waals surface area contributed by atoms with Gasteiger partial charge in [0, 0.05) is 0 Å². The molecule has 3 fully saturated rings. The van der Waals surface area contributed by atoms with Crippen molar-refractivity contribution in [3.05, 3.63) is 10.1 Å². The van der Waals surface area contributed by atoms with E-state index in [4.69, 9.17) is 69.6 Å². The highest BCUT2D eigenvalue weighted by atomic mass is 35.5. The topological polar surface area (TPSA) is 40.5 Å². The third kappa shape index (κ3) is 1.16. The molecule has 4 aliphatic rings. The van der Waals surface area contributed by atoms with Crippen LogP contribution in [0, 0.1) is 23.7 Å². The Morgan fingerprint density at radius 2 is 1.15 bits per heavy atom. The van der Waals surface area contributed by atoms with Crippen LogP contribution in [-0.2, 0) is 0 Å². The minimum atomic E-state index is -1.58. The van der Waals surface area contributed by atoms with Crippen molar-refractivity contribution in [3.63, 3.8) is 0 Å². The average Bonchev–Trinajstić information content (AvgIpc) is 2.97. The first kappa shape index (κ1) is 15.0. The smallest absolute Gasteiger partial charge is 0.166 e. The monoisotopic (exact) mass is 396 g/mol. The fourth-order valence-electron chi connectivity index (χ4n) is 5.01. The summed E-state index contributed by atoms with van der Waals surface area (Å²) in [4.78, 5) is -2.64. The van der Waals surface area contributed by atoms with E-state index in [0.29, 0.717) is 6.42 Å². The number of aliphatic hydroxyl groups excluding tert-OH is 2. The van der Waals surface area contributed by atoms with Gasteiger partial charge >= 0.3 is 0 Å². The number of allylic oxidation sites excluding steroid dienone is 2. The Balaban J connectivity index is 1.98. The molecule has 0 radical (unpaired) electrons. The molecule has 4 bridgehead atoms. The highest BCUT2D eigenvalue weighted by Crippen LogP contribution is 2.82. The van der Waals surface area contributed by atoms with Crippen molar-refractivity contribution in [1.82, 2.24) is 0 Å². The highest BCUT2D eigenvalue weighted by Gasteiger charge is 2.87. The minimum absolute atomic E-state index is 0.163. The van der Waals surface area contributed by atoms with Crippen LogP contribution in [0.1, 0.15) is 6.42 Å². The quantitative estimate of drug-likeness (QED) is 0.484. The lowest BCUT2D eigenvalue weighted by Crippen LogP contribution is -2.50.